The number of rotatable bonds is 2. The molecule has 0 aliphatic carbocycles. The number of aromatic amines is 1. The van der Waals surface area contributed by atoms with E-state index < -0.39 is 0 Å². The fraction of sp³-hybridized carbons (Fsp3) is 0.111. The quantitative estimate of drug-likeness (QED) is 0.822. The van der Waals surface area contributed by atoms with Crippen molar-refractivity contribution in [1.29, 1.82) is 0 Å². The minimum Gasteiger partial charge on any atom is -0.495 e. The zero-order valence-corrected chi connectivity index (χ0v) is 9.47. The van der Waals surface area contributed by atoms with Gasteiger partial charge in [0.25, 0.3) is 0 Å². The lowest BCUT2D eigenvalue weighted by Gasteiger charge is -2.08. The van der Waals surface area contributed by atoms with Gasteiger partial charge in [0, 0.05) is 5.02 Å². The lowest BCUT2D eigenvalue weighted by Crippen LogP contribution is -1.96. The SMILES string of the molecule is COc1ccc(Cl)cc1-n1cn[nH]c1=S. The van der Waals surface area contributed by atoms with Crippen LogP contribution in [0.1, 0.15) is 0 Å². The van der Waals surface area contributed by atoms with Gasteiger partial charge < -0.3 is 4.74 Å². The average Bonchev–Trinajstić information content (AvgIpc) is 2.64. The Kier molecular flexibility index (Phi) is 2.75. The van der Waals surface area contributed by atoms with E-state index >= 15 is 0 Å². The number of nitrogens with zero attached hydrogens (tertiary/aromatic N) is 2. The second kappa shape index (κ2) is 4.04. The molecule has 78 valence electrons. The minimum atomic E-state index is 0.496. The van der Waals surface area contributed by atoms with E-state index in [4.69, 9.17) is 28.6 Å². The Morgan fingerprint density at radius 2 is 2.33 bits per heavy atom. The Bertz CT molecular complexity index is 534. The lowest BCUT2D eigenvalue weighted by atomic mass is 10.3. The largest absolute Gasteiger partial charge is 0.495 e. The van der Waals surface area contributed by atoms with Gasteiger partial charge in [-0.3, -0.25) is 9.67 Å². The molecule has 0 aliphatic heterocycles. The first-order valence-electron chi connectivity index (χ1n) is 4.18. The summed E-state index contributed by atoms with van der Waals surface area (Å²) in [6.45, 7) is 0. The molecule has 0 aliphatic rings. The maximum atomic E-state index is 5.91. The van der Waals surface area contributed by atoms with Gasteiger partial charge in [0.2, 0.25) is 0 Å². The van der Waals surface area contributed by atoms with Gasteiger partial charge in [0.05, 0.1) is 12.8 Å². The van der Waals surface area contributed by atoms with Crippen molar-refractivity contribution in [3.63, 3.8) is 0 Å². The lowest BCUT2D eigenvalue weighted by molar-refractivity contribution is 0.412. The molecule has 0 spiro atoms. The Morgan fingerprint density at radius 3 is 2.93 bits per heavy atom. The second-order valence-electron chi connectivity index (χ2n) is 2.85. The molecule has 1 aromatic heterocycles. The Labute approximate surface area is 96.5 Å². The van der Waals surface area contributed by atoms with E-state index in [-0.39, 0.29) is 0 Å². The summed E-state index contributed by atoms with van der Waals surface area (Å²) < 4.78 is 7.40. The van der Waals surface area contributed by atoms with E-state index in [1.165, 1.54) is 0 Å². The van der Waals surface area contributed by atoms with Crippen molar-refractivity contribution in [1.82, 2.24) is 14.8 Å². The summed E-state index contributed by atoms with van der Waals surface area (Å²) >= 11 is 11.0. The topological polar surface area (TPSA) is 42.8 Å². The molecule has 0 fully saturated rings. The predicted molar refractivity (Wildman–Crippen MR) is 60.3 cm³/mol. The molecule has 1 N–H and O–H groups in total. The Hall–Kier alpha value is -1.33. The molecule has 2 rings (SSSR count). The number of H-pyrrole nitrogens is 1. The highest BCUT2D eigenvalue weighted by Gasteiger charge is 2.06. The number of halogens is 1. The molecular weight excluding hydrogens is 234 g/mol. The predicted octanol–water partition coefficient (Wildman–Crippen LogP) is 2.59. The number of aromatic nitrogens is 3. The Balaban J connectivity index is 2.66. The number of hydrogen-bond acceptors (Lipinski definition) is 3. The molecule has 0 radical (unpaired) electrons. The highest BCUT2D eigenvalue weighted by atomic mass is 35.5. The van der Waals surface area contributed by atoms with E-state index in [1.807, 2.05) is 0 Å². The fourth-order valence-electron chi connectivity index (χ4n) is 1.27. The van der Waals surface area contributed by atoms with Gasteiger partial charge in [-0.05, 0) is 30.4 Å². The van der Waals surface area contributed by atoms with Crippen LogP contribution in [-0.2, 0) is 0 Å². The zero-order valence-electron chi connectivity index (χ0n) is 7.90. The third-order valence-corrected chi connectivity index (χ3v) is 2.48. The van der Waals surface area contributed by atoms with E-state index in [0.29, 0.717) is 15.5 Å². The highest BCUT2D eigenvalue weighted by molar-refractivity contribution is 7.71. The van der Waals surface area contributed by atoms with Crippen LogP contribution < -0.4 is 4.74 Å². The molecule has 0 bridgehead atoms. The van der Waals surface area contributed by atoms with E-state index in [1.54, 1.807) is 36.2 Å². The molecule has 0 saturated carbocycles. The minimum absolute atomic E-state index is 0.496. The summed E-state index contributed by atoms with van der Waals surface area (Å²) in [6.07, 6.45) is 1.58. The number of ether oxygens (including phenoxy) is 1. The van der Waals surface area contributed by atoms with Gasteiger partial charge in [0.15, 0.2) is 4.77 Å². The van der Waals surface area contributed by atoms with Crippen molar-refractivity contribution in [2.75, 3.05) is 7.11 Å². The van der Waals surface area contributed by atoms with Crippen LogP contribution in [0.4, 0.5) is 0 Å². The smallest absolute Gasteiger partial charge is 0.199 e. The van der Waals surface area contributed by atoms with Crippen molar-refractivity contribution in [2.45, 2.75) is 0 Å². The number of nitrogens with one attached hydrogen (secondary N) is 1. The van der Waals surface area contributed by atoms with Crippen LogP contribution in [0.2, 0.25) is 5.02 Å². The summed E-state index contributed by atoms with van der Waals surface area (Å²) in [4.78, 5) is 0. The normalized spacial score (nSPS) is 10.3. The molecule has 0 unspecified atom stereocenters. The average molecular weight is 242 g/mol. The zero-order chi connectivity index (χ0) is 10.8. The molecule has 1 heterocycles. The molecule has 6 heteroatoms. The summed E-state index contributed by atoms with van der Waals surface area (Å²) in [6, 6.07) is 5.31. The molecule has 0 amide bonds. The van der Waals surface area contributed by atoms with Crippen LogP contribution in [0.25, 0.3) is 5.69 Å². The molecule has 2 aromatic rings. The first kappa shape index (κ1) is 10.2. The van der Waals surface area contributed by atoms with Crippen LogP contribution in [-0.4, -0.2) is 21.9 Å². The van der Waals surface area contributed by atoms with Crippen LogP contribution in [0, 0.1) is 4.77 Å². The third kappa shape index (κ3) is 1.88. The number of benzene rings is 1. The summed E-state index contributed by atoms with van der Waals surface area (Å²) in [5, 5.41) is 7.12. The van der Waals surface area contributed by atoms with E-state index in [0.717, 1.165) is 5.69 Å². The maximum Gasteiger partial charge on any atom is 0.199 e. The van der Waals surface area contributed by atoms with Gasteiger partial charge in [-0.2, -0.15) is 5.10 Å². The van der Waals surface area contributed by atoms with Crippen LogP contribution in [0.3, 0.4) is 0 Å². The van der Waals surface area contributed by atoms with Gasteiger partial charge >= 0.3 is 0 Å². The fourth-order valence-corrected chi connectivity index (χ4v) is 1.64. The van der Waals surface area contributed by atoms with Crippen LogP contribution in [0.15, 0.2) is 24.5 Å². The van der Waals surface area contributed by atoms with Gasteiger partial charge in [-0.15, -0.1) is 0 Å². The molecule has 15 heavy (non-hydrogen) atoms. The maximum absolute atomic E-state index is 5.91. The highest BCUT2D eigenvalue weighted by Crippen LogP contribution is 2.25. The third-order valence-electron chi connectivity index (χ3n) is 1.95. The van der Waals surface area contributed by atoms with Crippen molar-refractivity contribution < 1.29 is 4.74 Å². The first-order valence-corrected chi connectivity index (χ1v) is 4.97. The molecule has 1 aromatic carbocycles. The number of hydrogen-bond donors (Lipinski definition) is 1. The van der Waals surface area contributed by atoms with E-state index in [9.17, 15) is 0 Å². The van der Waals surface area contributed by atoms with Gasteiger partial charge in [0.1, 0.15) is 12.1 Å². The molecule has 0 saturated heterocycles. The van der Waals surface area contributed by atoms with E-state index in [2.05, 4.69) is 10.2 Å². The monoisotopic (exact) mass is 241 g/mol. The summed E-state index contributed by atoms with van der Waals surface area (Å²) in [5.74, 6) is 0.692. The van der Waals surface area contributed by atoms with Crippen molar-refractivity contribution in [3.05, 3.63) is 34.3 Å². The first-order chi connectivity index (χ1) is 7.22. The standard InChI is InChI=1S/C9H8ClN3OS/c1-14-8-3-2-6(10)4-7(8)13-5-11-12-9(13)15/h2-5H,1H3,(H,12,15). The van der Waals surface area contributed by atoms with Gasteiger partial charge in [-0.25, -0.2) is 0 Å². The van der Waals surface area contributed by atoms with Crippen LogP contribution in [0.5, 0.6) is 5.75 Å². The van der Waals surface area contributed by atoms with Crippen LogP contribution >= 0.6 is 23.8 Å². The van der Waals surface area contributed by atoms with Crippen molar-refractivity contribution >= 4 is 23.8 Å². The van der Waals surface area contributed by atoms with Crippen molar-refractivity contribution in [2.24, 2.45) is 0 Å². The number of methoxy groups -OCH3 is 1. The molecule has 4 nitrogen and oxygen atoms in total. The van der Waals surface area contributed by atoms with Gasteiger partial charge in [-0.1, -0.05) is 11.6 Å². The molecular formula is C9H8ClN3OS. The van der Waals surface area contributed by atoms with Crippen molar-refractivity contribution in [3.8, 4) is 11.4 Å². The second-order valence-corrected chi connectivity index (χ2v) is 3.67. The summed E-state index contributed by atoms with van der Waals surface area (Å²) in [5.41, 5.74) is 0.767. The summed E-state index contributed by atoms with van der Waals surface area (Å²) in [7, 11) is 1.59. The molecule has 0 atom stereocenters. The Morgan fingerprint density at radius 1 is 1.53 bits per heavy atom.